The van der Waals surface area contributed by atoms with Crippen molar-refractivity contribution in [1.82, 2.24) is 5.32 Å². The molecule has 0 aliphatic rings. The Bertz CT molecular complexity index is 69.2. The lowest BCUT2D eigenvalue weighted by atomic mass is 11.0. The van der Waals surface area contributed by atoms with Crippen LogP contribution in [0.5, 0.6) is 0 Å². The molecule has 0 aromatic carbocycles. The molecule has 3 nitrogen and oxygen atoms in total. The molecule has 0 aromatic heterocycles. The Labute approximate surface area is 35.3 Å². The molecule has 0 aromatic rings. The van der Waals surface area contributed by atoms with E-state index in [1.165, 1.54) is 0 Å². The van der Waals surface area contributed by atoms with Crippen LogP contribution >= 0.6 is 0 Å². The normalized spacial score (nSPS) is 6.67. The number of carbonyl (C=O) groups excluding carboxylic acids is 1. The van der Waals surface area contributed by atoms with E-state index in [2.05, 4.69) is 11.9 Å². The third-order valence-corrected chi connectivity index (χ3v) is 0.197. The minimum absolute atomic E-state index is 0.912. The summed E-state index contributed by atoms with van der Waals surface area (Å²) in [6.07, 6.45) is -0.542. The summed E-state index contributed by atoms with van der Waals surface area (Å²) in [6.45, 7) is 3.01. The molecule has 0 spiro atoms. The molecular weight excluding hydrogens is 82.0 g/mol. The van der Waals surface area contributed by atoms with Crippen LogP contribution < -0.4 is 5.32 Å². The van der Waals surface area contributed by atoms with E-state index in [0.29, 0.717) is 0 Å². The van der Waals surface area contributed by atoms with Crippen molar-refractivity contribution < 1.29 is 9.90 Å². The Kier molecular flexibility index (Phi) is 1.89. The molecule has 0 aliphatic heterocycles. The zero-order chi connectivity index (χ0) is 4.99. The Morgan fingerprint density at radius 1 is 1.83 bits per heavy atom. The van der Waals surface area contributed by atoms with Crippen LogP contribution in [0, 0.1) is 0 Å². The van der Waals surface area contributed by atoms with Crippen molar-refractivity contribution in [2.24, 2.45) is 0 Å². The second-order valence-corrected chi connectivity index (χ2v) is 0.578. The minimum atomic E-state index is -1.45. The summed E-state index contributed by atoms with van der Waals surface area (Å²) in [7, 11) is 0. The SMILES string of the molecule is C=C[N]C([O])=O. The highest BCUT2D eigenvalue weighted by molar-refractivity contribution is 5.64. The van der Waals surface area contributed by atoms with E-state index in [9.17, 15) is 9.90 Å². The van der Waals surface area contributed by atoms with Crippen LogP contribution in [0.4, 0.5) is 4.79 Å². The highest BCUT2D eigenvalue weighted by atomic mass is 16.4. The van der Waals surface area contributed by atoms with Gasteiger partial charge in [-0.2, -0.15) is 5.32 Å². The van der Waals surface area contributed by atoms with Crippen molar-refractivity contribution in [3.8, 4) is 0 Å². The van der Waals surface area contributed by atoms with Crippen LogP contribution in [0.1, 0.15) is 0 Å². The average molecular weight is 85.1 g/mol. The summed E-state index contributed by atoms with van der Waals surface area (Å²) < 4.78 is 0. The van der Waals surface area contributed by atoms with Crippen LogP contribution in [0.2, 0.25) is 0 Å². The fraction of sp³-hybridized carbons (Fsp3) is 0. The van der Waals surface area contributed by atoms with Crippen LogP contribution in [-0.2, 0) is 5.11 Å². The molecular formula is C3H3NO2. The quantitative estimate of drug-likeness (QED) is 0.451. The van der Waals surface area contributed by atoms with Crippen LogP contribution in [0.15, 0.2) is 12.8 Å². The van der Waals surface area contributed by atoms with Gasteiger partial charge in [-0.15, -0.1) is 0 Å². The first kappa shape index (κ1) is 5.01. The number of hydrogen-bond acceptors (Lipinski definition) is 1. The van der Waals surface area contributed by atoms with E-state index in [1.807, 2.05) is 0 Å². The number of hydrogen-bond donors (Lipinski definition) is 0. The molecule has 0 aliphatic carbocycles. The van der Waals surface area contributed by atoms with Gasteiger partial charge in [0.15, 0.2) is 0 Å². The molecule has 0 fully saturated rings. The Morgan fingerprint density at radius 2 is 2.33 bits per heavy atom. The molecule has 1 amide bonds. The van der Waals surface area contributed by atoms with Crippen molar-refractivity contribution in [3.63, 3.8) is 0 Å². The molecule has 0 unspecified atom stereocenters. The van der Waals surface area contributed by atoms with Crippen molar-refractivity contribution in [2.75, 3.05) is 0 Å². The van der Waals surface area contributed by atoms with Gasteiger partial charge in [0.25, 0.3) is 0 Å². The maximum atomic E-state index is 9.25. The van der Waals surface area contributed by atoms with Gasteiger partial charge in [-0.3, -0.25) is 0 Å². The van der Waals surface area contributed by atoms with Crippen molar-refractivity contribution >= 4 is 6.09 Å². The second-order valence-electron chi connectivity index (χ2n) is 0.578. The maximum absolute atomic E-state index is 9.25. The summed E-state index contributed by atoms with van der Waals surface area (Å²) in [5.74, 6) is 0. The highest BCUT2D eigenvalue weighted by Crippen LogP contribution is 1.60. The molecule has 0 N–H and O–H groups in total. The monoisotopic (exact) mass is 85.0 g/mol. The van der Waals surface area contributed by atoms with Gasteiger partial charge >= 0.3 is 6.09 Å². The van der Waals surface area contributed by atoms with Gasteiger partial charge < -0.3 is 0 Å². The van der Waals surface area contributed by atoms with E-state index in [1.54, 1.807) is 0 Å². The average Bonchev–Trinajstić information content (AvgIpc) is 1.35. The maximum Gasteiger partial charge on any atom is 0.476 e. The minimum Gasteiger partial charge on any atom is -0.218 e. The first-order valence-corrected chi connectivity index (χ1v) is 1.30. The zero-order valence-corrected chi connectivity index (χ0v) is 3.05. The molecule has 0 atom stereocenters. The first-order valence-electron chi connectivity index (χ1n) is 1.30. The van der Waals surface area contributed by atoms with Gasteiger partial charge in [-0.05, 0) is 0 Å². The summed E-state index contributed by atoms with van der Waals surface area (Å²) in [5.41, 5.74) is 0. The molecule has 2 radical (unpaired) electrons. The fourth-order valence-corrected chi connectivity index (χ4v) is 0.0745. The number of amides is 1. The Balaban J connectivity index is 3.05. The van der Waals surface area contributed by atoms with E-state index in [4.69, 9.17) is 0 Å². The van der Waals surface area contributed by atoms with Gasteiger partial charge in [0.1, 0.15) is 0 Å². The summed E-state index contributed by atoms with van der Waals surface area (Å²) in [5, 5.41) is 11.9. The smallest absolute Gasteiger partial charge is 0.218 e. The fourth-order valence-electron chi connectivity index (χ4n) is 0.0745. The van der Waals surface area contributed by atoms with E-state index in [-0.39, 0.29) is 0 Å². The third-order valence-electron chi connectivity index (χ3n) is 0.197. The van der Waals surface area contributed by atoms with Gasteiger partial charge in [0.2, 0.25) is 0 Å². The second kappa shape index (κ2) is 2.26. The number of carbonyl (C=O) groups is 1. The van der Waals surface area contributed by atoms with E-state index >= 15 is 0 Å². The van der Waals surface area contributed by atoms with Crippen molar-refractivity contribution in [1.29, 1.82) is 0 Å². The van der Waals surface area contributed by atoms with E-state index in [0.717, 1.165) is 6.20 Å². The predicted octanol–water partition coefficient (Wildman–Crippen LogP) is 0.285. The lowest BCUT2D eigenvalue weighted by molar-refractivity contribution is 0.172. The molecule has 0 bridgehead atoms. The third kappa shape index (κ3) is 3.01. The highest BCUT2D eigenvalue weighted by Gasteiger charge is 1.89. The molecule has 0 heterocycles. The van der Waals surface area contributed by atoms with Gasteiger partial charge in [0, 0.05) is 6.20 Å². The molecule has 3 heteroatoms. The van der Waals surface area contributed by atoms with Crippen LogP contribution in [0.3, 0.4) is 0 Å². The first-order chi connectivity index (χ1) is 2.77. The Hall–Kier alpha value is -0.990. The predicted molar refractivity (Wildman–Crippen MR) is 18.4 cm³/mol. The molecule has 6 heavy (non-hydrogen) atoms. The van der Waals surface area contributed by atoms with Crippen LogP contribution in [0.25, 0.3) is 0 Å². The molecule has 32 valence electrons. The number of rotatable bonds is 1. The summed E-state index contributed by atoms with van der Waals surface area (Å²) in [6, 6.07) is 0. The van der Waals surface area contributed by atoms with Crippen LogP contribution in [-0.4, -0.2) is 6.09 Å². The lowest BCUT2D eigenvalue weighted by Crippen LogP contribution is -2.00. The van der Waals surface area contributed by atoms with Gasteiger partial charge in [-0.25, -0.2) is 9.90 Å². The standard InChI is InChI=1S/C3H3NO2/c1-2-4-3(5)6/h2H,1H2. The molecule has 0 rings (SSSR count). The Morgan fingerprint density at radius 3 is 2.33 bits per heavy atom. The summed E-state index contributed by atoms with van der Waals surface area (Å²) >= 11 is 0. The largest absolute Gasteiger partial charge is 0.476 e. The lowest BCUT2D eigenvalue weighted by Gasteiger charge is -1.72. The van der Waals surface area contributed by atoms with Gasteiger partial charge in [0.05, 0.1) is 0 Å². The molecule has 0 saturated heterocycles. The van der Waals surface area contributed by atoms with Crippen molar-refractivity contribution in [3.05, 3.63) is 12.8 Å². The topological polar surface area (TPSA) is 51.1 Å². The van der Waals surface area contributed by atoms with Gasteiger partial charge in [-0.1, -0.05) is 6.58 Å². The zero-order valence-electron chi connectivity index (χ0n) is 3.05. The number of nitrogens with zero attached hydrogens (tertiary/aromatic N) is 1. The van der Waals surface area contributed by atoms with E-state index < -0.39 is 6.09 Å². The summed E-state index contributed by atoms with van der Waals surface area (Å²) in [4.78, 5) is 9.25. The van der Waals surface area contributed by atoms with Crippen molar-refractivity contribution in [2.45, 2.75) is 0 Å². The molecule has 0 saturated carbocycles.